The third kappa shape index (κ3) is 3.90. The minimum Gasteiger partial charge on any atom is -0.452 e. The minimum absolute atomic E-state index is 0.0441. The molecule has 0 bridgehead atoms. The summed E-state index contributed by atoms with van der Waals surface area (Å²) in [6.45, 7) is -0.396. The number of esters is 1. The van der Waals surface area contributed by atoms with E-state index in [-0.39, 0.29) is 17.5 Å². The fourth-order valence-electron chi connectivity index (χ4n) is 3.09. The number of hydrogen-bond donors (Lipinski definition) is 1. The smallest absolute Gasteiger partial charge is 0.338 e. The van der Waals surface area contributed by atoms with Crippen molar-refractivity contribution in [1.29, 1.82) is 0 Å². The zero-order valence-corrected chi connectivity index (χ0v) is 13.5. The summed E-state index contributed by atoms with van der Waals surface area (Å²) < 4.78 is 27.7. The molecule has 3 rings (SSSR count). The average Bonchev–Trinajstić information content (AvgIpc) is 3.10. The van der Waals surface area contributed by atoms with Crippen molar-refractivity contribution in [1.82, 2.24) is 5.32 Å². The zero-order valence-electron chi connectivity index (χ0n) is 12.7. The van der Waals surface area contributed by atoms with Gasteiger partial charge in [0.05, 0.1) is 17.1 Å². The Morgan fingerprint density at radius 3 is 2.74 bits per heavy atom. The molecule has 1 aromatic carbocycles. The van der Waals surface area contributed by atoms with Gasteiger partial charge in [-0.25, -0.2) is 13.2 Å². The van der Waals surface area contributed by atoms with Gasteiger partial charge < -0.3 is 10.1 Å². The molecule has 1 aliphatic carbocycles. The van der Waals surface area contributed by atoms with Crippen LogP contribution in [0.25, 0.3) is 0 Å². The third-order valence-corrected chi connectivity index (χ3v) is 6.03. The normalized spacial score (nSPS) is 21.7. The second-order valence-electron chi connectivity index (χ2n) is 6.08. The lowest BCUT2D eigenvalue weighted by atomic mass is 10.1. The summed E-state index contributed by atoms with van der Waals surface area (Å²) in [7, 11) is -3.04. The van der Waals surface area contributed by atoms with Crippen LogP contribution in [-0.2, 0) is 32.2 Å². The van der Waals surface area contributed by atoms with E-state index in [0.717, 1.165) is 19.3 Å². The lowest BCUT2D eigenvalue weighted by molar-refractivity contribution is -0.124. The van der Waals surface area contributed by atoms with Crippen LogP contribution in [0.3, 0.4) is 0 Å². The number of ether oxygens (including phenoxy) is 1. The molecule has 1 saturated heterocycles. The molecule has 2 aliphatic rings. The largest absolute Gasteiger partial charge is 0.452 e. The Balaban J connectivity index is 1.50. The van der Waals surface area contributed by atoms with Crippen LogP contribution in [0.5, 0.6) is 0 Å². The molecule has 0 unspecified atom stereocenters. The first-order chi connectivity index (χ1) is 10.9. The van der Waals surface area contributed by atoms with E-state index in [2.05, 4.69) is 5.32 Å². The van der Waals surface area contributed by atoms with Crippen molar-refractivity contribution < 1.29 is 22.7 Å². The third-order valence-electron chi connectivity index (χ3n) is 4.27. The van der Waals surface area contributed by atoms with Gasteiger partial charge in [0, 0.05) is 6.04 Å². The van der Waals surface area contributed by atoms with Crippen LogP contribution in [0.4, 0.5) is 0 Å². The number of rotatable bonds is 4. The van der Waals surface area contributed by atoms with Crippen LogP contribution in [-0.4, -0.2) is 44.4 Å². The number of benzene rings is 1. The van der Waals surface area contributed by atoms with Crippen LogP contribution in [0, 0.1) is 0 Å². The number of aryl methyl sites for hydroxylation is 2. The molecular formula is C16H19NO5S. The fourth-order valence-corrected chi connectivity index (χ4v) is 4.76. The zero-order chi connectivity index (χ0) is 16.4. The first-order valence-electron chi connectivity index (χ1n) is 7.72. The highest BCUT2D eigenvalue weighted by molar-refractivity contribution is 7.91. The molecule has 0 aromatic heterocycles. The molecule has 1 aromatic rings. The highest BCUT2D eigenvalue weighted by Gasteiger charge is 2.29. The Morgan fingerprint density at radius 1 is 1.22 bits per heavy atom. The summed E-state index contributed by atoms with van der Waals surface area (Å²) >= 11 is 0. The van der Waals surface area contributed by atoms with E-state index in [1.165, 1.54) is 11.1 Å². The predicted octanol–water partition coefficient (Wildman–Crippen LogP) is 0.635. The molecule has 1 atom stereocenters. The number of nitrogens with one attached hydrogen (secondary N) is 1. The van der Waals surface area contributed by atoms with Gasteiger partial charge in [-0.2, -0.15) is 0 Å². The van der Waals surface area contributed by atoms with Crippen LogP contribution in [0.1, 0.15) is 34.3 Å². The Hall–Kier alpha value is -1.89. The van der Waals surface area contributed by atoms with Gasteiger partial charge in [-0.15, -0.1) is 0 Å². The van der Waals surface area contributed by atoms with Crippen LogP contribution < -0.4 is 5.32 Å². The monoisotopic (exact) mass is 337 g/mol. The maximum absolute atomic E-state index is 12.0. The van der Waals surface area contributed by atoms with E-state index in [1.807, 2.05) is 12.1 Å². The molecule has 0 radical (unpaired) electrons. The summed E-state index contributed by atoms with van der Waals surface area (Å²) in [5, 5.41) is 2.59. The second-order valence-corrected chi connectivity index (χ2v) is 8.31. The SMILES string of the molecule is O=C(COC(=O)c1ccc2c(c1)CCC2)N[C@@H]1CCS(=O)(=O)C1. The van der Waals surface area contributed by atoms with E-state index >= 15 is 0 Å². The van der Waals surface area contributed by atoms with Crippen molar-refractivity contribution in [3.63, 3.8) is 0 Å². The maximum atomic E-state index is 12.0. The van der Waals surface area contributed by atoms with Gasteiger partial charge in [0.25, 0.3) is 5.91 Å². The van der Waals surface area contributed by atoms with Gasteiger partial charge >= 0.3 is 5.97 Å². The van der Waals surface area contributed by atoms with Crippen molar-refractivity contribution in [2.24, 2.45) is 0 Å². The number of fused-ring (bicyclic) bond motifs is 1. The summed E-state index contributed by atoms with van der Waals surface area (Å²) in [5.74, 6) is -0.958. The second kappa shape index (κ2) is 6.31. The number of carbonyl (C=O) groups excluding carboxylic acids is 2. The molecule has 23 heavy (non-hydrogen) atoms. The van der Waals surface area contributed by atoms with E-state index in [0.29, 0.717) is 12.0 Å². The average molecular weight is 337 g/mol. The number of carbonyl (C=O) groups is 2. The first kappa shape index (κ1) is 16.0. The predicted molar refractivity (Wildman–Crippen MR) is 84.0 cm³/mol. The van der Waals surface area contributed by atoms with Gasteiger partial charge in [-0.05, 0) is 48.9 Å². The van der Waals surface area contributed by atoms with Crippen LogP contribution in [0.2, 0.25) is 0 Å². The van der Waals surface area contributed by atoms with Crippen molar-refractivity contribution in [2.75, 3.05) is 18.1 Å². The van der Waals surface area contributed by atoms with Crippen molar-refractivity contribution >= 4 is 21.7 Å². The lowest BCUT2D eigenvalue weighted by Gasteiger charge is -2.11. The molecule has 0 saturated carbocycles. The van der Waals surface area contributed by atoms with E-state index in [9.17, 15) is 18.0 Å². The van der Waals surface area contributed by atoms with Crippen LogP contribution in [0.15, 0.2) is 18.2 Å². The number of hydrogen-bond acceptors (Lipinski definition) is 5. The standard InChI is InChI=1S/C16H19NO5S/c18-15(17-14-6-7-23(20,21)10-14)9-22-16(19)13-5-4-11-2-1-3-12(11)8-13/h4-5,8,14H,1-3,6-7,9-10H2,(H,17,18)/t14-/m1/s1. The molecule has 1 heterocycles. The quantitative estimate of drug-likeness (QED) is 0.814. The summed E-state index contributed by atoms with van der Waals surface area (Å²) in [6.07, 6.45) is 3.51. The summed E-state index contributed by atoms with van der Waals surface area (Å²) in [4.78, 5) is 23.7. The Kier molecular flexibility index (Phi) is 4.39. The molecular weight excluding hydrogens is 318 g/mol. The summed E-state index contributed by atoms with van der Waals surface area (Å²) in [6, 6.07) is 5.09. The maximum Gasteiger partial charge on any atom is 0.338 e. The Morgan fingerprint density at radius 2 is 2.00 bits per heavy atom. The Bertz CT molecular complexity index is 741. The highest BCUT2D eigenvalue weighted by Crippen LogP contribution is 2.23. The molecule has 1 amide bonds. The van der Waals surface area contributed by atoms with Crippen molar-refractivity contribution in [3.05, 3.63) is 34.9 Å². The highest BCUT2D eigenvalue weighted by atomic mass is 32.2. The first-order valence-corrected chi connectivity index (χ1v) is 9.54. The molecule has 1 aliphatic heterocycles. The molecule has 1 N–H and O–H groups in total. The van der Waals surface area contributed by atoms with Crippen molar-refractivity contribution in [3.8, 4) is 0 Å². The van der Waals surface area contributed by atoms with Gasteiger partial charge in [0.2, 0.25) is 0 Å². The molecule has 7 heteroatoms. The number of sulfone groups is 1. The van der Waals surface area contributed by atoms with Gasteiger partial charge in [0.1, 0.15) is 0 Å². The van der Waals surface area contributed by atoms with E-state index in [4.69, 9.17) is 4.74 Å². The summed E-state index contributed by atoms with van der Waals surface area (Å²) in [5.41, 5.74) is 2.88. The van der Waals surface area contributed by atoms with Crippen molar-refractivity contribution in [2.45, 2.75) is 31.7 Å². The molecule has 0 spiro atoms. The Labute approximate surface area is 135 Å². The fraction of sp³-hybridized carbons (Fsp3) is 0.500. The topological polar surface area (TPSA) is 89.5 Å². The lowest BCUT2D eigenvalue weighted by Crippen LogP contribution is -2.38. The molecule has 6 nitrogen and oxygen atoms in total. The molecule has 1 fully saturated rings. The van der Waals surface area contributed by atoms with E-state index < -0.39 is 28.3 Å². The van der Waals surface area contributed by atoms with Gasteiger partial charge in [-0.3, -0.25) is 4.79 Å². The van der Waals surface area contributed by atoms with Crippen LogP contribution >= 0.6 is 0 Å². The molecule has 124 valence electrons. The van der Waals surface area contributed by atoms with E-state index in [1.54, 1.807) is 6.07 Å². The minimum atomic E-state index is -3.04. The number of amides is 1. The van der Waals surface area contributed by atoms with Gasteiger partial charge in [-0.1, -0.05) is 6.07 Å². The van der Waals surface area contributed by atoms with Gasteiger partial charge in [0.15, 0.2) is 16.4 Å².